The van der Waals surface area contributed by atoms with Crippen LogP contribution in [0, 0.1) is 5.92 Å². The minimum absolute atomic E-state index is 0.0360. The number of hydrogen-bond acceptors (Lipinski definition) is 4. The zero-order chi connectivity index (χ0) is 34.1. The van der Waals surface area contributed by atoms with E-state index in [-0.39, 0.29) is 16.2 Å². The number of rotatable bonds is 10. The van der Waals surface area contributed by atoms with Crippen LogP contribution in [0.3, 0.4) is 0 Å². The first-order valence-electron chi connectivity index (χ1n) is 16.6. The Labute approximate surface area is 201 Å². The standard InChI is InChI=1S/C26H37NO3/c1-18(2)26(29)30-25-13-12-21(17-28)16-24(25)23(22-10-8-7-9-11-22)14-15-27(19(3)4)20(5)6/h7-13,16,18-20,23,28H,14-15,17H2,1-6H3/i3D3,4D3,5D3,6D3,19D,20D. The molecule has 0 bridgehead atoms. The molecule has 4 nitrogen and oxygen atoms in total. The number of ether oxygens (including phenoxy) is 1. The van der Waals surface area contributed by atoms with Gasteiger partial charge in [0.15, 0.2) is 0 Å². The first kappa shape index (κ1) is 10.9. The fourth-order valence-electron chi connectivity index (χ4n) is 3.07. The van der Waals surface area contributed by atoms with Gasteiger partial charge < -0.3 is 9.84 Å². The van der Waals surface area contributed by atoms with Crippen LogP contribution in [0.15, 0.2) is 48.5 Å². The molecule has 0 aliphatic rings. The van der Waals surface area contributed by atoms with Gasteiger partial charge in [0.2, 0.25) is 0 Å². The molecule has 0 amide bonds. The zero-order valence-corrected chi connectivity index (χ0v) is 17.1. The summed E-state index contributed by atoms with van der Waals surface area (Å²) in [5.41, 5.74) is 1.12. The highest BCUT2D eigenvalue weighted by Crippen LogP contribution is 2.36. The topological polar surface area (TPSA) is 49.8 Å². The van der Waals surface area contributed by atoms with Crippen LogP contribution in [0.2, 0.25) is 0 Å². The molecule has 0 aliphatic heterocycles. The van der Waals surface area contributed by atoms with Crippen molar-refractivity contribution >= 4 is 5.97 Å². The normalized spacial score (nSPS) is 22.0. The van der Waals surface area contributed by atoms with E-state index in [2.05, 4.69) is 0 Å². The lowest BCUT2D eigenvalue weighted by atomic mass is 9.86. The van der Waals surface area contributed by atoms with Crippen LogP contribution in [0.4, 0.5) is 0 Å². The molecule has 0 spiro atoms. The average molecular weight is 426 g/mol. The summed E-state index contributed by atoms with van der Waals surface area (Å²) in [5.74, 6) is -2.07. The smallest absolute Gasteiger partial charge is 0.313 e. The number of nitrogens with zero attached hydrogens (tertiary/aromatic N) is 1. The minimum Gasteiger partial charge on any atom is -0.426 e. The first-order chi connectivity index (χ1) is 19.8. The summed E-state index contributed by atoms with van der Waals surface area (Å²) in [5, 5.41) is 9.85. The minimum atomic E-state index is -3.86. The van der Waals surface area contributed by atoms with E-state index < -0.39 is 76.8 Å². The zero-order valence-electron chi connectivity index (χ0n) is 31.1. The van der Waals surface area contributed by atoms with E-state index in [0.717, 1.165) is 0 Å². The molecule has 1 atom stereocenters. The molecule has 1 unspecified atom stereocenters. The van der Waals surface area contributed by atoms with Crippen LogP contribution in [-0.2, 0) is 11.4 Å². The summed E-state index contributed by atoms with van der Waals surface area (Å²) in [4.78, 5) is 12.5. The molecular formula is C26H37NO3. The molecule has 2 rings (SSSR count). The lowest BCUT2D eigenvalue weighted by Gasteiger charge is -2.32. The molecule has 2 aromatic carbocycles. The van der Waals surface area contributed by atoms with Gasteiger partial charge in [-0.2, -0.15) is 0 Å². The highest BCUT2D eigenvalue weighted by molar-refractivity contribution is 5.75. The highest BCUT2D eigenvalue weighted by Gasteiger charge is 2.23. The Morgan fingerprint density at radius 2 is 1.77 bits per heavy atom. The van der Waals surface area contributed by atoms with Crippen molar-refractivity contribution < 1.29 is 33.8 Å². The third-order valence-electron chi connectivity index (χ3n) is 4.70. The van der Waals surface area contributed by atoms with Crippen LogP contribution in [0.5, 0.6) is 5.75 Å². The van der Waals surface area contributed by atoms with Crippen LogP contribution in [-0.4, -0.2) is 34.6 Å². The molecule has 0 aromatic heterocycles. The predicted molar refractivity (Wildman–Crippen MR) is 123 cm³/mol. The van der Waals surface area contributed by atoms with Crippen molar-refractivity contribution in [2.75, 3.05) is 6.54 Å². The van der Waals surface area contributed by atoms with E-state index in [9.17, 15) is 9.90 Å². The lowest BCUT2D eigenvalue weighted by Crippen LogP contribution is -2.38. The molecule has 30 heavy (non-hydrogen) atoms. The first-order valence-corrected chi connectivity index (χ1v) is 9.62. The van der Waals surface area contributed by atoms with Gasteiger partial charge in [-0.05, 0) is 63.6 Å². The van der Waals surface area contributed by atoms with E-state index in [1.165, 1.54) is 18.2 Å². The lowest BCUT2D eigenvalue weighted by molar-refractivity contribution is -0.137. The second-order valence-electron chi connectivity index (χ2n) is 7.21. The molecular weight excluding hydrogens is 374 g/mol. The average Bonchev–Trinajstić information content (AvgIpc) is 2.88. The monoisotopic (exact) mass is 425 g/mol. The summed E-state index contributed by atoms with van der Waals surface area (Å²) in [6, 6.07) is 4.96. The van der Waals surface area contributed by atoms with Crippen LogP contribution < -0.4 is 4.74 Å². The third kappa shape index (κ3) is 6.41. The van der Waals surface area contributed by atoms with Crippen LogP contribution >= 0.6 is 0 Å². The Hall–Kier alpha value is -2.17. The molecule has 0 fully saturated rings. The van der Waals surface area contributed by atoms with Gasteiger partial charge in [0.05, 0.1) is 12.5 Å². The Morgan fingerprint density at radius 1 is 1.10 bits per heavy atom. The summed E-state index contributed by atoms with van der Waals surface area (Å²) in [6.07, 6.45) is -0.426. The molecule has 0 saturated carbocycles. The number of hydrogen-bond donors (Lipinski definition) is 1. The van der Waals surface area contributed by atoms with Gasteiger partial charge in [0.25, 0.3) is 0 Å². The molecule has 0 aliphatic carbocycles. The van der Waals surface area contributed by atoms with E-state index in [4.69, 9.17) is 23.9 Å². The highest BCUT2D eigenvalue weighted by atomic mass is 16.5. The van der Waals surface area contributed by atoms with Gasteiger partial charge in [-0.3, -0.25) is 9.69 Å². The van der Waals surface area contributed by atoms with Crippen molar-refractivity contribution in [3.8, 4) is 5.75 Å². The Bertz CT molecular complexity index is 1200. The molecule has 0 radical (unpaired) electrons. The molecule has 2 aromatic rings. The predicted octanol–water partition coefficient (Wildman–Crippen LogP) is 5.38. The van der Waals surface area contributed by atoms with Crippen molar-refractivity contribution in [3.05, 3.63) is 65.2 Å². The van der Waals surface area contributed by atoms with Crippen LogP contribution in [0.25, 0.3) is 0 Å². The van der Waals surface area contributed by atoms with E-state index in [1.54, 1.807) is 44.2 Å². The van der Waals surface area contributed by atoms with Crippen molar-refractivity contribution in [2.45, 2.75) is 72.2 Å². The summed E-state index contributed by atoms with van der Waals surface area (Å²) >= 11 is 0. The molecule has 4 heteroatoms. The fourth-order valence-corrected chi connectivity index (χ4v) is 3.07. The van der Waals surface area contributed by atoms with Crippen LogP contribution in [0.1, 0.15) is 89.5 Å². The fraction of sp³-hybridized carbons (Fsp3) is 0.500. The van der Waals surface area contributed by atoms with E-state index in [1.807, 2.05) is 0 Å². The summed E-state index contributed by atoms with van der Waals surface area (Å²) in [6.45, 7) is -13.4. The number of carbonyl (C=O) groups excluding carboxylic acids is 1. The van der Waals surface area contributed by atoms with Gasteiger partial charge >= 0.3 is 5.97 Å². The number of benzene rings is 2. The number of carbonyl (C=O) groups is 1. The second kappa shape index (κ2) is 11.3. The maximum Gasteiger partial charge on any atom is 0.313 e. The van der Waals surface area contributed by atoms with Crippen molar-refractivity contribution in [3.63, 3.8) is 0 Å². The second-order valence-corrected chi connectivity index (χ2v) is 7.21. The van der Waals surface area contributed by atoms with Crippen molar-refractivity contribution in [2.24, 2.45) is 5.92 Å². The molecule has 1 N–H and O–H groups in total. The SMILES string of the molecule is [2H]C([2H])([2H])C([2H])(N(CCC(c1ccccc1)c1cc(CO)ccc1OC(=O)C(C)C)C([2H])(C([2H])([2H])[2H])C([2H])([2H])[2H])C([2H])([2H])[2H]. The molecule has 0 heterocycles. The largest absolute Gasteiger partial charge is 0.426 e. The maximum absolute atomic E-state index is 12.6. The maximum atomic E-state index is 12.6. The van der Waals surface area contributed by atoms with Crippen molar-refractivity contribution in [1.82, 2.24) is 4.90 Å². The van der Waals surface area contributed by atoms with Gasteiger partial charge in [-0.25, -0.2) is 0 Å². The number of esters is 1. The summed E-state index contributed by atoms with van der Waals surface area (Å²) in [7, 11) is 0. The molecule has 164 valence electrons. The number of aliphatic hydroxyl groups excluding tert-OH is 1. The Kier molecular flexibility index (Phi) is 4.11. The summed E-state index contributed by atoms with van der Waals surface area (Å²) < 4.78 is 119. The Morgan fingerprint density at radius 3 is 2.33 bits per heavy atom. The quantitative estimate of drug-likeness (QED) is 0.410. The van der Waals surface area contributed by atoms with Crippen molar-refractivity contribution in [1.29, 1.82) is 0 Å². The van der Waals surface area contributed by atoms with Gasteiger partial charge in [0.1, 0.15) is 5.75 Å². The van der Waals surface area contributed by atoms with Gasteiger partial charge in [0, 0.05) is 42.7 Å². The van der Waals surface area contributed by atoms with E-state index >= 15 is 0 Å². The molecule has 0 saturated heterocycles. The third-order valence-corrected chi connectivity index (χ3v) is 4.70. The van der Waals surface area contributed by atoms with Gasteiger partial charge in [-0.15, -0.1) is 0 Å². The Balaban J connectivity index is 2.92. The number of aliphatic hydroxyl groups is 1. The van der Waals surface area contributed by atoms with Gasteiger partial charge in [-0.1, -0.05) is 50.2 Å². The van der Waals surface area contributed by atoms with E-state index in [0.29, 0.717) is 11.1 Å².